The van der Waals surface area contributed by atoms with Crippen molar-refractivity contribution in [2.45, 2.75) is 38.6 Å². The number of nitrogens with one attached hydrogen (secondary N) is 1. The van der Waals surface area contributed by atoms with E-state index in [1.54, 1.807) is 0 Å². The average Bonchev–Trinajstić information content (AvgIpc) is 2.30. The monoisotopic (exact) mass is 247 g/mol. The molecule has 0 aliphatic heterocycles. The zero-order valence-electron chi connectivity index (χ0n) is 9.49. The Bertz CT molecular complexity index is 242. The fourth-order valence-electron chi connectivity index (χ4n) is 1.99. The molecular weight excluding hydrogens is 230 g/mol. The van der Waals surface area contributed by atoms with Crippen LogP contribution < -0.4 is 5.32 Å². The third kappa shape index (κ3) is 3.63. The summed E-state index contributed by atoms with van der Waals surface area (Å²) in [4.78, 5) is 22.2. The number of hydrogen-bond donors (Lipinski definition) is 1. The Balaban J connectivity index is 2.46. The van der Waals surface area contributed by atoms with Crippen LogP contribution in [0.4, 0.5) is 4.79 Å². The summed E-state index contributed by atoms with van der Waals surface area (Å²) in [5, 5.41) is 6.40. The summed E-state index contributed by atoms with van der Waals surface area (Å²) in [6.45, 7) is 2.54. The van der Waals surface area contributed by atoms with Gasteiger partial charge in [-0.3, -0.25) is 0 Å². The van der Waals surface area contributed by atoms with Crippen molar-refractivity contribution >= 4 is 17.6 Å². The van der Waals surface area contributed by atoms with Gasteiger partial charge in [-0.1, -0.05) is 6.92 Å². The predicted molar refractivity (Wildman–Crippen MR) is 63.2 cm³/mol. The largest absolute Gasteiger partial charge is 0.340 e. The first-order valence-electron chi connectivity index (χ1n) is 5.65. The van der Waals surface area contributed by atoms with Crippen LogP contribution in [0.25, 0.3) is 0 Å². The molecule has 0 unspecified atom stereocenters. The van der Waals surface area contributed by atoms with E-state index in [0.717, 1.165) is 30.7 Å². The third-order valence-corrected chi connectivity index (χ3v) is 3.19. The fourth-order valence-corrected chi connectivity index (χ4v) is 2.09. The Morgan fingerprint density at radius 2 is 2.06 bits per heavy atom. The van der Waals surface area contributed by atoms with Crippen molar-refractivity contribution in [3.05, 3.63) is 4.91 Å². The van der Waals surface area contributed by atoms with E-state index in [9.17, 15) is 9.70 Å². The molecule has 0 radical (unpaired) electrons. The molecule has 1 N–H and O–H groups in total. The van der Waals surface area contributed by atoms with Crippen LogP contribution in [0.1, 0.15) is 32.6 Å². The van der Waals surface area contributed by atoms with Crippen molar-refractivity contribution in [2.75, 3.05) is 12.4 Å². The molecule has 1 fully saturated rings. The van der Waals surface area contributed by atoms with Gasteiger partial charge in [0.1, 0.15) is 0 Å². The molecule has 0 aromatic rings. The Morgan fingerprint density at radius 1 is 1.44 bits per heavy atom. The van der Waals surface area contributed by atoms with Crippen LogP contribution in [0.5, 0.6) is 0 Å². The van der Waals surface area contributed by atoms with Crippen molar-refractivity contribution in [3.63, 3.8) is 0 Å². The summed E-state index contributed by atoms with van der Waals surface area (Å²) in [5.41, 5.74) is 0. The summed E-state index contributed by atoms with van der Waals surface area (Å²) >= 11 is 5.46. The molecule has 1 saturated carbocycles. The van der Waals surface area contributed by atoms with E-state index in [4.69, 9.17) is 11.6 Å². The predicted octanol–water partition coefficient (Wildman–Crippen LogP) is 2.50. The van der Waals surface area contributed by atoms with E-state index >= 15 is 0 Å². The van der Waals surface area contributed by atoms with E-state index in [-0.39, 0.29) is 6.04 Å². The molecule has 5 nitrogen and oxygen atoms in total. The zero-order valence-corrected chi connectivity index (χ0v) is 10.2. The molecule has 0 atom stereocenters. The number of rotatable bonds is 4. The highest BCUT2D eigenvalue weighted by atomic mass is 35.5. The van der Waals surface area contributed by atoms with E-state index in [1.165, 1.54) is 0 Å². The Labute approximate surface area is 100 Å². The summed E-state index contributed by atoms with van der Waals surface area (Å²) in [5.74, 6) is 1.01. The van der Waals surface area contributed by atoms with Crippen molar-refractivity contribution in [3.8, 4) is 0 Å². The molecule has 0 heterocycles. The van der Waals surface area contributed by atoms with Crippen molar-refractivity contribution < 1.29 is 4.79 Å². The minimum Gasteiger partial charge on any atom is -0.335 e. The molecule has 6 heteroatoms. The molecule has 1 rings (SSSR count). The Hall–Kier alpha value is -0.840. The van der Waals surface area contributed by atoms with Gasteiger partial charge in [0.05, 0.1) is 11.3 Å². The topological polar surface area (TPSA) is 61.8 Å². The lowest BCUT2D eigenvalue weighted by Crippen LogP contribution is -2.44. The maximum absolute atomic E-state index is 11.6. The lowest BCUT2D eigenvalue weighted by molar-refractivity contribution is 0.148. The van der Waals surface area contributed by atoms with Crippen molar-refractivity contribution in [2.24, 2.45) is 11.2 Å². The van der Waals surface area contributed by atoms with Crippen LogP contribution in [0, 0.1) is 10.8 Å². The average molecular weight is 248 g/mol. The van der Waals surface area contributed by atoms with Gasteiger partial charge >= 0.3 is 6.03 Å². The first-order valence-corrected chi connectivity index (χ1v) is 6.18. The van der Waals surface area contributed by atoms with Gasteiger partial charge in [0.2, 0.25) is 0 Å². The molecule has 1 aliphatic carbocycles. The third-order valence-electron chi connectivity index (χ3n) is 3.00. The van der Waals surface area contributed by atoms with E-state index < -0.39 is 6.03 Å². The summed E-state index contributed by atoms with van der Waals surface area (Å²) in [7, 11) is 0. The minimum atomic E-state index is -0.435. The van der Waals surface area contributed by atoms with Gasteiger partial charge in [-0.05, 0) is 31.6 Å². The number of urea groups is 1. The second-order valence-electron chi connectivity index (χ2n) is 4.26. The van der Waals surface area contributed by atoms with Gasteiger partial charge < -0.3 is 5.32 Å². The Morgan fingerprint density at radius 3 is 2.56 bits per heavy atom. The number of alkyl halides is 1. The maximum Gasteiger partial charge on any atom is 0.340 e. The van der Waals surface area contributed by atoms with Gasteiger partial charge in [0.25, 0.3) is 0 Å². The number of carbonyl (C=O) groups is 1. The lowest BCUT2D eigenvalue weighted by atomic mass is 9.87. The molecular formula is C10H18ClN3O2. The molecule has 2 amide bonds. The van der Waals surface area contributed by atoms with Crippen molar-refractivity contribution in [1.82, 2.24) is 10.3 Å². The normalized spacial score (nSPS) is 24.9. The van der Waals surface area contributed by atoms with Gasteiger partial charge in [-0.15, -0.1) is 16.5 Å². The van der Waals surface area contributed by atoms with Gasteiger partial charge in [0.15, 0.2) is 0 Å². The number of amides is 2. The standard InChI is InChI=1S/C10H18ClN3O2/c1-8-2-4-9(5-3-8)14(13-16)10(15)12-7-6-11/h8-9H,2-7H2,1H3,(H,12,15)/t8-,9-. The number of nitrogens with zero attached hydrogens (tertiary/aromatic N) is 2. The van der Waals surface area contributed by atoms with Crippen LogP contribution in [-0.4, -0.2) is 29.5 Å². The van der Waals surface area contributed by atoms with E-state index in [2.05, 4.69) is 17.5 Å². The second-order valence-corrected chi connectivity index (χ2v) is 4.64. The molecule has 0 saturated heterocycles. The summed E-state index contributed by atoms with van der Waals surface area (Å²) < 4.78 is 0. The first kappa shape index (κ1) is 13.2. The number of hydrogen-bond acceptors (Lipinski definition) is 3. The van der Waals surface area contributed by atoms with Crippen LogP contribution in [0.15, 0.2) is 5.29 Å². The highest BCUT2D eigenvalue weighted by molar-refractivity contribution is 6.18. The SMILES string of the molecule is C[C@H]1CC[C@H](N(N=O)C(=O)NCCCl)CC1. The van der Waals surface area contributed by atoms with E-state index in [0.29, 0.717) is 18.3 Å². The smallest absolute Gasteiger partial charge is 0.335 e. The molecule has 92 valence electrons. The first-order chi connectivity index (χ1) is 7.69. The molecule has 1 aliphatic rings. The van der Waals surface area contributed by atoms with Crippen LogP contribution in [-0.2, 0) is 0 Å². The molecule has 0 aromatic carbocycles. The number of carbonyl (C=O) groups excluding carboxylic acids is 1. The zero-order chi connectivity index (χ0) is 12.0. The van der Waals surface area contributed by atoms with E-state index in [1.807, 2.05) is 0 Å². The van der Waals surface area contributed by atoms with Crippen molar-refractivity contribution in [1.29, 1.82) is 0 Å². The Kier molecular flexibility index (Phi) is 5.52. The highest BCUT2D eigenvalue weighted by Gasteiger charge is 2.28. The molecule has 0 spiro atoms. The highest BCUT2D eigenvalue weighted by Crippen LogP contribution is 2.27. The molecule has 0 aromatic heterocycles. The van der Waals surface area contributed by atoms with Gasteiger partial charge in [0, 0.05) is 12.4 Å². The second kappa shape index (κ2) is 6.68. The van der Waals surface area contributed by atoms with Crippen LogP contribution in [0.3, 0.4) is 0 Å². The van der Waals surface area contributed by atoms with Crippen LogP contribution >= 0.6 is 11.6 Å². The quantitative estimate of drug-likeness (QED) is 0.471. The fraction of sp³-hybridized carbons (Fsp3) is 0.900. The minimum absolute atomic E-state index is 0.0518. The van der Waals surface area contributed by atoms with Gasteiger partial charge in [-0.25, -0.2) is 4.79 Å². The lowest BCUT2D eigenvalue weighted by Gasteiger charge is -2.30. The number of halogens is 1. The number of nitroso groups, excluding NO2 is 1. The summed E-state index contributed by atoms with van der Waals surface area (Å²) in [6.07, 6.45) is 3.78. The molecule has 0 bridgehead atoms. The summed E-state index contributed by atoms with van der Waals surface area (Å²) in [6, 6.07) is -0.487. The maximum atomic E-state index is 11.6. The molecule has 16 heavy (non-hydrogen) atoms. The van der Waals surface area contributed by atoms with Gasteiger partial charge in [-0.2, -0.15) is 5.01 Å². The van der Waals surface area contributed by atoms with Crippen LogP contribution in [0.2, 0.25) is 0 Å².